The van der Waals surface area contributed by atoms with E-state index in [9.17, 15) is 9.59 Å². The standard InChI is InChI=1S/C7H9NO3/c1-4-6(7(10)11)5(9)2-3-8-4/h2-4,6,8H,1H3,(H,10,11). The van der Waals surface area contributed by atoms with Crippen LogP contribution in [0.5, 0.6) is 0 Å². The van der Waals surface area contributed by atoms with E-state index in [4.69, 9.17) is 5.11 Å². The first-order valence-electron chi connectivity index (χ1n) is 3.32. The predicted octanol–water partition coefficient (Wildman–Crippen LogP) is -0.238. The van der Waals surface area contributed by atoms with E-state index in [1.165, 1.54) is 12.3 Å². The minimum absolute atomic E-state index is 0.315. The van der Waals surface area contributed by atoms with E-state index >= 15 is 0 Å². The van der Waals surface area contributed by atoms with Gasteiger partial charge < -0.3 is 10.4 Å². The van der Waals surface area contributed by atoms with Gasteiger partial charge in [-0.3, -0.25) is 9.59 Å². The van der Waals surface area contributed by atoms with Gasteiger partial charge in [0.2, 0.25) is 0 Å². The Hall–Kier alpha value is -1.32. The van der Waals surface area contributed by atoms with Crippen molar-refractivity contribution in [2.75, 3.05) is 0 Å². The average molecular weight is 155 g/mol. The van der Waals surface area contributed by atoms with Crippen LogP contribution in [0.15, 0.2) is 12.3 Å². The molecule has 0 fully saturated rings. The van der Waals surface area contributed by atoms with E-state index < -0.39 is 11.9 Å². The molecule has 0 aliphatic carbocycles. The van der Waals surface area contributed by atoms with Crippen molar-refractivity contribution in [3.63, 3.8) is 0 Å². The number of aliphatic carboxylic acids is 1. The van der Waals surface area contributed by atoms with Gasteiger partial charge in [-0.05, 0) is 13.0 Å². The summed E-state index contributed by atoms with van der Waals surface area (Å²) in [6, 6.07) is -0.315. The highest BCUT2D eigenvalue weighted by molar-refractivity contribution is 6.05. The summed E-state index contributed by atoms with van der Waals surface area (Å²) in [5.41, 5.74) is 0. The zero-order chi connectivity index (χ0) is 8.43. The van der Waals surface area contributed by atoms with Gasteiger partial charge in [0.05, 0.1) is 0 Å². The molecule has 0 aromatic heterocycles. The number of allylic oxidation sites excluding steroid dienone is 1. The van der Waals surface area contributed by atoms with E-state index in [1.807, 2.05) is 0 Å². The molecule has 2 unspecified atom stereocenters. The summed E-state index contributed by atoms with van der Waals surface area (Å²) in [7, 11) is 0. The Morgan fingerprint density at radius 1 is 1.73 bits per heavy atom. The van der Waals surface area contributed by atoms with Gasteiger partial charge in [-0.1, -0.05) is 0 Å². The van der Waals surface area contributed by atoms with Crippen LogP contribution in [0.25, 0.3) is 0 Å². The van der Waals surface area contributed by atoms with Gasteiger partial charge in [-0.15, -0.1) is 0 Å². The van der Waals surface area contributed by atoms with Crippen LogP contribution in [-0.2, 0) is 9.59 Å². The molecule has 1 aliphatic rings. The quantitative estimate of drug-likeness (QED) is 0.513. The van der Waals surface area contributed by atoms with Gasteiger partial charge in [-0.25, -0.2) is 0 Å². The number of carboxylic acid groups (broad SMARTS) is 1. The van der Waals surface area contributed by atoms with Crippen molar-refractivity contribution in [2.24, 2.45) is 5.92 Å². The lowest BCUT2D eigenvalue weighted by Gasteiger charge is -2.21. The van der Waals surface area contributed by atoms with Gasteiger partial charge in [0.1, 0.15) is 5.92 Å². The zero-order valence-electron chi connectivity index (χ0n) is 6.07. The summed E-state index contributed by atoms with van der Waals surface area (Å²) in [5.74, 6) is -2.34. The van der Waals surface area contributed by atoms with Crippen LogP contribution in [0.1, 0.15) is 6.92 Å². The molecule has 0 saturated carbocycles. The average Bonchev–Trinajstić information content (AvgIpc) is 1.85. The fourth-order valence-electron chi connectivity index (χ4n) is 1.06. The van der Waals surface area contributed by atoms with Crippen LogP contribution in [0.3, 0.4) is 0 Å². The van der Waals surface area contributed by atoms with E-state index in [1.54, 1.807) is 6.92 Å². The van der Waals surface area contributed by atoms with Crippen LogP contribution < -0.4 is 5.32 Å². The highest BCUT2D eigenvalue weighted by Crippen LogP contribution is 2.10. The molecule has 60 valence electrons. The van der Waals surface area contributed by atoms with Gasteiger partial charge in [0.25, 0.3) is 0 Å². The summed E-state index contributed by atoms with van der Waals surface area (Å²) < 4.78 is 0. The second-order valence-electron chi connectivity index (χ2n) is 2.51. The molecule has 1 rings (SSSR count). The van der Waals surface area contributed by atoms with E-state index in [-0.39, 0.29) is 11.8 Å². The molecule has 0 aromatic carbocycles. The monoisotopic (exact) mass is 155 g/mol. The van der Waals surface area contributed by atoms with Crippen molar-refractivity contribution in [2.45, 2.75) is 13.0 Å². The number of nitrogens with one attached hydrogen (secondary N) is 1. The molecule has 2 N–H and O–H groups in total. The number of rotatable bonds is 1. The second-order valence-corrected chi connectivity index (χ2v) is 2.51. The van der Waals surface area contributed by atoms with Crippen molar-refractivity contribution in [1.82, 2.24) is 5.32 Å². The molecule has 11 heavy (non-hydrogen) atoms. The number of hydrogen-bond donors (Lipinski definition) is 2. The smallest absolute Gasteiger partial charge is 0.316 e. The van der Waals surface area contributed by atoms with Crippen molar-refractivity contribution in [3.05, 3.63) is 12.3 Å². The molecule has 2 atom stereocenters. The maximum Gasteiger partial charge on any atom is 0.316 e. The summed E-state index contributed by atoms with van der Waals surface area (Å²) in [5, 5.41) is 11.3. The van der Waals surface area contributed by atoms with Crippen molar-refractivity contribution in [1.29, 1.82) is 0 Å². The first-order chi connectivity index (χ1) is 5.13. The van der Waals surface area contributed by atoms with Gasteiger partial charge in [0, 0.05) is 12.2 Å². The Balaban J connectivity index is 2.83. The summed E-state index contributed by atoms with van der Waals surface area (Å²) in [4.78, 5) is 21.4. The van der Waals surface area contributed by atoms with Crippen LogP contribution in [0.2, 0.25) is 0 Å². The van der Waals surface area contributed by atoms with Gasteiger partial charge >= 0.3 is 5.97 Å². The zero-order valence-corrected chi connectivity index (χ0v) is 6.07. The van der Waals surface area contributed by atoms with Crippen LogP contribution in [-0.4, -0.2) is 22.9 Å². The van der Waals surface area contributed by atoms with Crippen LogP contribution >= 0.6 is 0 Å². The Morgan fingerprint density at radius 2 is 2.36 bits per heavy atom. The molecular weight excluding hydrogens is 146 g/mol. The van der Waals surface area contributed by atoms with E-state index in [0.717, 1.165) is 0 Å². The normalized spacial score (nSPS) is 29.7. The lowest BCUT2D eigenvalue weighted by atomic mass is 9.94. The predicted molar refractivity (Wildman–Crippen MR) is 37.9 cm³/mol. The van der Waals surface area contributed by atoms with Crippen LogP contribution in [0.4, 0.5) is 0 Å². The SMILES string of the molecule is CC1NC=CC(=O)C1C(=O)O. The summed E-state index contributed by atoms with van der Waals surface area (Å²) in [6.45, 7) is 1.67. The molecule has 0 spiro atoms. The molecule has 0 radical (unpaired) electrons. The Morgan fingerprint density at radius 3 is 2.73 bits per heavy atom. The fourth-order valence-corrected chi connectivity index (χ4v) is 1.06. The maximum atomic E-state index is 10.9. The summed E-state index contributed by atoms with van der Waals surface area (Å²) in [6.07, 6.45) is 2.73. The van der Waals surface area contributed by atoms with Gasteiger partial charge in [0.15, 0.2) is 5.78 Å². The number of ketones is 1. The third kappa shape index (κ3) is 1.39. The Kier molecular flexibility index (Phi) is 1.94. The Bertz CT molecular complexity index is 222. The number of hydrogen-bond acceptors (Lipinski definition) is 3. The fraction of sp³-hybridized carbons (Fsp3) is 0.429. The highest BCUT2D eigenvalue weighted by Gasteiger charge is 2.31. The van der Waals surface area contributed by atoms with Crippen LogP contribution in [0, 0.1) is 5.92 Å². The molecule has 1 aliphatic heterocycles. The lowest BCUT2D eigenvalue weighted by Crippen LogP contribution is -2.42. The highest BCUT2D eigenvalue weighted by atomic mass is 16.4. The molecule has 0 saturated heterocycles. The van der Waals surface area contributed by atoms with E-state index in [2.05, 4.69) is 5.32 Å². The minimum Gasteiger partial charge on any atom is -0.481 e. The topological polar surface area (TPSA) is 66.4 Å². The third-order valence-electron chi connectivity index (χ3n) is 1.68. The summed E-state index contributed by atoms with van der Waals surface area (Å²) >= 11 is 0. The number of carbonyl (C=O) groups excluding carboxylic acids is 1. The maximum absolute atomic E-state index is 10.9. The minimum atomic E-state index is -1.07. The molecule has 0 bridgehead atoms. The number of carboxylic acids is 1. The van der Waals surface area contributed by atoms with Crippen molar-refractivity contribution >= 4 is 11.8 Å². The Labute approximate surface area is 63.9 Å². The molecule has 4 nitrogen and oxygen atoms in total. The second kappa shape index (κ2) is 2.74. The number of carbonyl (C=O) groups is 2. The molecule has 1 heterocycles. The van der Waals surface area contributed by atoms with E-state index in [0.29, 0.717) is 0 Å². The van der Waals surface area contributed by atoms with Crippen molar-refractivity contribution < 1.29 is 14.7 Å². The largest absolute Gasteiger partial charge is 0.481 e. The van der Waals surface area contributed by atoms with Gasteiger partial charge in [-0.2, -0.15) is 0 Å². The molecule has 4 heteroatoms. The first kappa shape index (κ1) is 7.78. The molecule has 0 amide bonds. The van der Waals surface area contributed by atoms with Crippen molar-refractivity contribution in [3.8, 4) is 0 Å². The molecular formula is C7H9NO3. The third-order valence-corrected chi connectivity index (χ3v) is 1.68. The first-order valence-corrected chi connectivity index (χ1v) is 3.32. The molecule has 0 aromatic rings. The lowest BCUT2D eigenvalue weighted by molar-refractivity contribution is -0.146.